The Balaban J connectivity index is 2.23. The molecule has 1 saturated heterocycles. The van der Waals surface area contributed by atoms with Gasteiger partial charge in [-0.15, -0.1) is 0 Å². The minimum absolute atomic E-state index is 0.162. The predicted molar refractivity (Wildman–Crippen MR) is 96.9 cm³/mol. The van der Waals surface area contributed by atoms with Crippen LogP contribution in [0.2, 0.25) is 0 Å². The molecule has 8 heteroatoms. The second-order valence-electron chi connectivity index (χ2n) is 6.94. The second-order valence-corrected chi connectivity index (χ2v) is 9.69. The Hall–Kier alpha value is -1.57. The van der Waals surface area contributed by atoms with Gasteiger partial charge in [-0.1, -0.05) is 0 Å². The molecule has 0 bridgehead atoms. The van der Waals surface area contributed by atoms with Crippen LogP contribution >= 0.6 is 0 Å². The van der Waals surface area contributed by atoms with E-state index in [4.69, 9.17) is 4.99 Å². The number of hydrogen-bond donors (Lipinski definition) is 1. The maximum atomic E-state index is 12.2. The molecule has 136 valence electrons. The van der Waals surface area contributed by atoms with Gasteiger partial charge in [-0.3, -0.25) is 4.68 Å². The number of nitrogens with zero attached hydrogens (tertiary/aromatic N) is 4. The average Bonchev–Trinajstić information content (AvgIpc) is 2.72. The molecule has 1 aliphatic heterocycles. The first kappa shape index (κ1) is 18.8. The molecule has 1 aromatic rings. The van der Waals surface area contributed by atoms with Gasteiger partial charge in [0, 0.05) is 37.9 Å². The Labute approximate surface area is 145 Å². The highest BCUT2D eigenvalue weighted by atomic mass is 32.2. The van der Waals surface area contributed by atoms with Crippen LogP contribution < -0.4 is 5.32 Å². The number of aromatic nitrogens is 2. The molecule has 1 aromatic heterocycles. The van der Waals surface area contributed by atoms with Crippen molar-refractivity contribution in [2.45, 2.75) is 45.9 Å². The van der Waals surface area contributed by atoms with E-state index in [-0.39, 0.29) is 5.75 Å². The number of sulfone groups is 1. The Morgan fingerprint density at radius 2 is 2.04 bits per heavy atom. The maximum absolute atomic E-state index is 12.2. The Morgan fingerprint density at radius 3 is 2.54 bits per heavy atom. The quantitative estimate of drug-likeness (QED) is 0.647. The second kappa shape index (κ2) is 6.74. The van der Waals surface area contributed by atoms with Gasteiger partial charge in [0.2, 0.25) is 0 Å². The van der Waals surface area contributed by atoms with Gasteiger partial charge in [-0.25, -0.2) is 13.4 Å². The van der Waals surface area contributed by atoms with Crippen LogP contribution in [0.3, 0.4) is 0 Å². The summed E-state index contributed by atoms with van der Waals surface area (Å²) in [6.45, 7) is 11.8. The lowest BCUT2D eigenvalue weighted by Gasteiger charge is -2.39. The van der Waals surface area contributed by atoms with E-state index in [9.17, 15) is 8.42 Å². The van der Waals surface area contributed by atoms with Crippen molar-refractivity contribution < 1.29 is 8.42 Å². The Morgan fingerprint density at radius 1 is 1.38 bits per heavy atom. The summed E-state index contributed by atoms with van der Waals surface area (Å²) in [5.41, 5.74) is 3.21. The highest BCUT2D eigenvalue weighted by Gasteiger charge is 2.40. The molecular weight excluding hydrogens is 326 g/mol. The van der Waals surface area contributed by atoms with Crippen LogP contribution in [0.4, 0.5) is 0 Å². The van der Waals surface area contributed by atoms with Gasteiger partial charge >= 0.3 is 0 Å². The van der Waals surface area contributed by atoms with Gasteiger partial charge in [-0.05, 0) is 34.6 Å². The summed E-state index contributed by atoms with van der Waals surface area (Å²) in [7, 11) is -1.13. The summed E-state index contributed by atoms with van der Waals surface area (Å²) in [6, 6.07) is 0. The van der Waals surface area contributed by atoms with Gasteiger partial charge in [0.05, 0.1) is 22.7 Å². The van der Waals surface area contributed by atoms with Crippen molar-refractivity contribution in [1.82, 2.24) is 20.0 Å². The third-order valence-electron chi connectivity index (χ3n) is 4.72. The molecule has 0 unspecified atom stereocenters. The van der Waals surface area contributed by atoms with Crippen molar-refractivity contribution >= 4 is 15.8 Å². The van der Waals surface area contributed by atoms with Crippen LogP contribution in [-0.2, 0) is 23.4 Å². The first-order valence-corrected chi connectivity index (χ1v) is 9.99. The SMILES string of the molecule is CCNC(=NCc1c(C)nn(C)c1C)N1CCS(=O)(=O)C(C)(C)C1. The van der Waals surface area contributed by atoms with Crippen LogP contribution in [0, 0.1) is 13.8 Å². The molecule has 0 aliphatic carbocycles. The summed E-state index contributed by atoms with van der Waals surface area (Å²) >= 11 is 0. The lowest BCUT2D eigenvalue weighted by Crippen LogP contribution is -2.57. The number of aryl methyl sites for hydroxylation is 2. The fourth-order valence-corrected chi connectivity index (χ4v) is 4.32. The number of aliphatic imine (C=N–C) groups is 1. The summed E-state index contributed by atoms with van der Waals surface area (Å²) in [5.74, 6) is 0.929. The fourth-order valence-electron chi connectivity index (χ4n) is 2.95. The smallest absolute Gasteiger partial charge is 0.194 e. The fraction of sp³-hybridized carbons (Fsp3) is 0.750. The first-order chi connectivity index (χ1) is 11.1. The average molecular weight is 356 g/mol. The largest absolute Gasteiger partial charge is 0.357 e. The molecule has 0 atom stereocenters. The van der Waals surface area contributed by atoms with Gasteiger partial charge < -0.3 is 10.2 Å². The Bertz CT molecular complexity index is 734. The van der Waals surface area contributed by atoms with E-state index >= 15 is 0 Å². The van der Waals surface area contributed by atoms with Crippen LogP contribution in [-0.4, -0.2) is 59.2 Å². The molecule has 1 N–H and O–H groups in total. The third kappa shape index (κ3) is 3.58. The molecule has 0 spiro atoms. The molecule has 1 fully saturated rings. The van der Waals surface area contributed by atoms with Crippen LogP contribution in [0.15, 0.2) is 4.99 Å². The number of nitrogens with one attached hydrogen (secondary N) is 1. The lowest BCUT2D eigenvalue weighted by molar-refractivity contribution is 0.353. The molecule has 2 heterocycles. The molecule has 0 radical (unpaired) electrons. The standard InChI is InChI=1S/C16H29N5O2S/c1-7-17-15(18-10-14-12(2)19-20(6)13(14)3)21-8-9-24(22,23)16(4,5)11-21/h7-11H2,1-6H3,(H,17,18). The van der Waals surface area contributed by atoms with E-state index in [1.54, 1.807) is 13.8 Å². The summed E-state index contributed by atoms with van der Waals surface area (Å²) in [5, 5.41) is 7.71. The lowest BCUT2D eigenvalue weighted by atomic mass is 10.2. The predicted octanol–water partition coefficient (Wildman–Crippen LogP) is 1.01. The number of hydrogen-bond acceptors (Lipinski definition) is 4. The third-order valence-corrected chi connectivity index (χ3v) is 7.26. The summed E-state index contributed by atoms with van der Waals surface area (Å²) in [6.07, 6.45) is 0. The number of rotatable bonds is 3. The van der Waals surface area contributed by atoms with Crippen molar-refractivity contribution in [1.29, 1.82) is 0 Å². The zero-order chi connectivity index (χ0) is 18.1. The maximum Gasteiger partial charge on any atom is 0.194 e. The van der Waals surface area contributed by atoms with Crippen molar-refractivity contribution in [2.24, 2.45) is 12.0 Å². The zero-order valence-electron chi connectivity index (χ0n) is 15.5. The topological polar surface area (TPSA) is 79.6 Å². The number of guanidine groups is 1. The molecule has 24 heavy (non-hydrogen) atoms. The van der Waals surface area contributed by atoms with Crippen LogP contribution in [0.5, 0.6) is 0 Å². The van der Waals surface area contributed by atoms with E-state index in [0.717, 1.165) is 29.5 Å². The highest BCUT2D eigenvalue weighted by molar-refractivity contribution is 7.92. The van der Waals surface area contributed by atoms with Crippen LogP contribution in [0.25, 0.3) is 0 Å². The van der Waals surface area contributed by atoms with E-state index in [0.29, 0.717) is 19.6 Å². The van der Waals surface area contributed by atoms with Gasteiger partial charge in [-0.2, -0.15) is 5.10 Å². The van der Waals surface area contributed by atoms with Crippen molar-refractivity contribution in [3.8, 4) is 0 Å². The van der Waals surface area contributed by atoms with Gasteiger partial charge in [0.1, 0.15) is 0 Å². The van der Waals surface area contributed by atoms with Crippen LogP contribution in [0.1, 0.15) is 37.7 Å². The minimum Gasteiger partial charge on any atom is -0.357 e. The molecule has 0 saturated carbocycles. The Kier molecular flexibility index (Phi) is 5.27. The molecule has 0 aromatic carbocycles. The molecule has 7 nitrogen and oxygen atoms in total. The normalized spacial score (nSPS) is 20.2. The van der Waals surface area contributed by atoms with Gasteiger partial charge in [0.25, 0.3) is 0 Å². The van der Waals surface area contributed by atoms with E-state index in [1.165, 1.54) is 0 Å². The zero-order valence-corrected chi connectivity index (χ0v) is 16.4. The van der Waals surface area contributed by atoms with Crippen molar-refractivity contribution in [3.63, 3.8) is 0 Å². The minimum atomic E-state index is -3.06. The summed E-state index contributed by atoms with van der Waals surface area (Å²) < 4.78 is 25.5. The first-order valence-electron chi connectivity index (χ1n) is 8.33. The van der Waals surface area contributed by atoms with Crippen molar-refractivity contribution in [2.75, 3.05) is 25.4 Å². The molecule has 0 amide bonds. The molecule has 1 aliphatic rings. The monoisotopic (exact) mass is 355 g/mol. The highest BCUT2D eigenvalue weighted by Crippen LogP contribution is 2.24. The van der Waals surface area contributed by atoms with Crippen molar-refractivity contribution in [3.05, 3.63) is 17.0 Å². The van der Waals surface area contributed by atoms with E-state index < -0.39 is 14.6 Å². The molecule has 2 rings (SSSR count). The van der Waals surface area contributed by atoms with E-state index in [2.05, 4.69) is 10.4 Å². The van der Waals surface area contributed by atoms with Gasteiger partial charge in [0.15, 0.2) is 15.8 Å². The summed E-state index contributed by atoms with van der Waals surface area (Å²) in [4.78, 5) is 6.79. The van der Waals surface area contributed by atoms with E-state index in [1.807, 2.05) is 37.4 Å². The molecular formula is C16H29N5O2S.